The second-order valence-corrected chi connectivity index (χ2v) is 7.13. The van der Waals surface area contributed by atoms with Crippen LogP contribution < -0.4 is 5.32 Å². The van der Waals surface area contributed by atoms with Crippen molar-refractivity contribution in [1.29, 1.82) is 0 Å². The number of para-hydroxylation sites is 1. The van der Waals surface area contributed by atoms with E-state index in [1.54, 1.807) is 11.3 Å². The average Bonchev–Trinajstić information content (AvgIpc) is 2.94. The molecule has 1 aromatic heterocycles. The molecule has 0 radical (unpaired) electrons. The molecule has 0 aliphatic heterocycles. The summed E-state index contributed by atoms with van der Waals surface area (Å²) in [6, 6.07) is 8.33. The molecule has 1 aliphatic rings. The highest BCUT2D eigenvalue weighted by Crippen LogP contribution is 2.29. The molecule has 1 aliphatic carbocycles. The molecule has 1 aromatic carbocycles. The molecular formula is C17H24N2OS. The molecule has 2 unspecified atom stereocenters. The summed E-state index contributed by atoms with van der Waals surface area (Å²) in [6.45, 7) is 2.37. The number of nitrogens with zero attached hydrogens (tertiary/aromatic N) is 1. The number of hydrogen-bond acceptors (Lipinski definition) is 4. The monoisotopic (exact) mass is 304 g/mol. The van der Waals surface area contributed by atoms with Crippen molar-refractivity contribution < 1.29 is 5.11 Å². The van der Waals surface area contributed by atoms with Crippen LogP contribution in [-0.2, 0) is 6.42 Å². The van der Waals surface area contributed by atoms with Crippen molar-refractivity contribution in [2.24, 2.45) is 11.8 Å². The number of aliphatic hydroxyl groups is 1. The summed E-state index contributed by atoms with van der Waals surface area (Å²) in [5.74, 6) is 1.16. The lowest BCUT2D eigenvalue weighted by atomic mass is 9.79. The highest BCUT2D eigenvalue weighted by atomic mass is 32.1. The Balaban J connectivity index is 1.45. The number of thiazole rings is 1. The molecule has 0 saturated heterocycles. The van der Waals surface area contributed by atoms with Crippen LogP contribution in [0.1, 0.15) is 30.7 Å². The Morgan fingerprint density at radius 2 is 2.00 bits per heavy atom. The molecule has 0 bridgehead atoms. The summed E-state index contributed by atoms with van der Waals surface area (Å²) < 4.78 is 1.28. The van der Waals surface area contributed by atoms with Crippen LogP contribution in [0.15, 0.2) is 24.3 Å². The Hall–Kier alpha value is -0.970. The van der Waals surface area contributed by atoms with Crippen LogP contribution in [0.5, 0.6) is 0 Å². The molecule has 1 saturated carbocycles. The van der Waals surface area contributed by atoms with E-state index < -0.39 is 0 Å². The maximum atomic E-state index is 9.44. The Morgan fingerprint density at radius 3 is 2.81 bits per heavy atom. The fourth-order valence-electron chi connectivity index (χ4n) is 3.30. The smallest absolute Gasteiger partial charge is 0.0951 e. The number of nitrogens with one attached hydrogen (secondary N) is 1. The van der Waals surface area contributed by atoms with Crippen molar-refractivity contribution in [2.45, 2.75) is 32.1 Å². The minimum atomic E-state index is 0.351. The molecule has 21 heavy (non-hydrogen) atoms. The minimum Gasteiger partial charge on any atom is -0.396 e. The van der Waals surface area contributed by atoms with Gasteiger partial charge in [-0.2, -0.15) is 0 Å². The number of fused-ring (bicyclic) bond motifs is 1. The highest BCUT2D eigenvalue weighted by molar-refractivity contribution is 7.18. The zero-order valence-corrected chi connectivity index (χ0v) is 13.2. The van der Waals surface area contributed by atoms with Gasteiger partial charge in [0.15, 0.2) is 0 Å². The van der Waals surface area contributed by atoms with Gasteiger partial charge in [0.1, 0.15) is 0 Å². The zero-order chi connectivity index (χ0) is 14.5. The Bertz CT molecular complexity index is 536. The van der Waals surface area contributed by atoms with E-state index in [9.17, 15) is 5.11 Å². The number of aromatic nitrogens is 1. The standard InChI is InChI=1S/C17H24N2OS/c20-12-14-6-2-1-5-13(14)11-18-10-9-17-19-15-7-3-4-8-16(15)21-17/h3-4,7-8,13-14,18,20H,1-2,5-6,9-12H2. The van der Waals surface area contributed by atoms with E-state index in [1.807, 2.05) is 6.07 Å². The minimum absolute atomic E-state index is 0.351. The van der Waals surface area contributed by atoms with E-state index in [0.29, 0.717) is 18.4 Å². The molecule has 0 amide bonds. The summed E-state index contributed by atoms with van der Waals surface area (Å²) in [6.07, 6.45) is 6.06. The van der Waals surface area contributed by atoms with Crippen LogP contribution >= 0.6 is 11.3 Å². The summed E-state index contributed by atoms with van der Waals surface area (Å²) in [5.41, 5.74) is 1.12. The van der Waals surface area contributed by atoms with Gasteiger partial charge in [-0.1, -0.05) is 25.0 Å². The highest BCUT2D eigenvalue weighted by Gasteiger charge is 2.23. The number of benzene rings is 1. The normalized spacial score (nSPS) is 22.7. The van der Waals surface area contributed by atoms with Crippen LogP contribution in [0.3, 0.4) is 0 Å². The van der Waals surface area contributed by atoms with Crippen molar-refractivity contribution in [3.63, 3.8) is 0 Å². The average molecular weight is 304 g/mol. The van der Waals surface area contributed by atoms with Crippen molar-refractivity contribution in [3.05, 3.63) is 29.3 Å². The summed E-state index contributed by atoms with van der Waals surface area (Å²) in [5, 5.41) is 14.2. The van der Waals surface area contributed by atoms with Gasteiger partial charge in [0.25, 0.3) is 0 Å². The van der Waals surface area contributed by atoms with E-state index in [4.69, 9.17) is 0 Å². The number of aliphatic hydroxyl groups excluding tert-OH is 1. The first-order valence-corrected chi connectivity index (χ1v) is 8.84. The summed E-state index contributed by atoms with van der Waals surface area (Å²) in [7, 11) is 0. The van der Waals surface area contributed by atoms with Crippen molar-refractivity contribution in [2.75, 3.05) is 19.7 Å². The first-order valence-electron chi connectivity index (χ1n) is 8.03. The second-order valence-electron chi connectivity index (χ2n) is 6.02. The van der Waals surface area contributed by atoms with Gasteiger partial charge >= 0.3 is 0 Å². The van der Waals surface area contributed by atoms with E-state index in [0.717, 1.165) is 25.0 Å². The van der Waals surface area contributed by atoms with Gasteiger partial charge in [0, 0.05) is 19.6 Å². The largest absolute Gasteiger partial charge is 0.396 e. The fourth-order valence-corrected chi connectivity index (χ4v) is 4.27. The predicted molar refractivity (Wildman–Crippen MR) is 88.7 cm³/mol. The van der Waals surface area contributed by atoms with Crippen LogP contribution in [-0.4, -0.2) is 29.8 Å². The van der Waals surface area contributed by atoms with Crippen molar-refractivity contribution in [3.8, 4) is 0 Å². The van der Waals surface area contributed by atoms with Gasteiger partial charge in [0.05, 0.1) is 15.2 Å². The second kappa shape index (κ2) is 7.34. The lowest BCUT2D eigenvalue weighted by Gasteiger charge is -2.30. The van der Waals surface area contributed by atoms with Gasteiger partial charge in [-0.3, -0.25) is 0 Å². The number of hydrogen-bond donors (Lipinski definition) is 2. The van der Waals surface area contributed by atoms with Crippen LogP contribution in [0, 0.1) is 11.8 Å². The third-order valence-electron chi connectivity index (χ3n) is 4.56. The first-order chi connectivity index (χ1) is 10.4. The van der Waals surface area contributed by atoms with Gasteiger partial charge in [-0.15, -0.1) is 11.3 Å². The van der Waals surface area contributed by atoms with Crippen molar-refractivity contribution in [1.82, 2.24) is 10.3 Å². The lowest BCUT2D eigenvalue weighted by Crippen LogP contribution is -2.33. The molecule has 1 fully saturated rings. The van der Waals surface area contributed by atoms with Crippen molar-refractivity contribution >= 4 is 21.6 Å². The molecule has 4 heteroatoms. The predicted octanol–water partition coefficient (Wildman–Crippen LogP) is 3.23. The van der Waals surface area contributed by atoms with Gasteiger partial charge < -0.3 is 10.4 Å². The van der Waals surface area contributed by atoms with Crippen LogP contribution in [0.4, 0.5) is 0 Å². The summed E-state index contributed by atoms with van der Waals surface area (Å²) in [4.78, 5) is 4.67. The molecule has 2 atom stereocenters. The molecule has 2 N–H and O–H groups in total. The van der Waals surface area contributed by atoms with E-state index >= 15 is 0 Å². The third-order valence-corrected chi connectivity index (χ3v) is 5.66. The molecular weight excluding hydrogens is 280 g/mol. The fraction of sp³-hybridized carbons (Fsp3) is 0.588. The maximum absolute atomic E-state index is 9.44. The third kappa shape index (κ3) is 3.82. The Morgan fingerprint density at radius 1 is 1.19 bits per heavy atom. The SMILES string of the molecule is OCC1CCCCC1CNCCc1nc2ccccc2s1. The maximum Gasteiger partial charge on any atom is 0.0951 e. The zero-order valence-electron chi connectivity index (χ0n) is 12.4. The molecule has 1 heterocycles. The quantitative estimate of drug-likeness (QED) is 0.805. The Labute approximate surface area is 130 Å². The molecule has 3 nitrogen and oxygen atoms in total. The van der Waals surface area contributed by atoms with Gasteiger partial charge in [0.2, 0.25) is 0 Å². The lowest BCUT2D eigenvalue weighted by molar-refractivity contribution is 0.133. The summed E-state index contributed by atoms with van der Waals surface area (Å²) >= 11 is 1.80. The first kappa shape index (κ1) is 14.9. The van der Waals surface area contributed by atoms with E-state index in [-0.39, 0.29) is 0 Å². The number of rotatable bonds is 6. The van der Waals surface area contributed by atoms with Crippen LogP contribution in [0.25, 0.3) is 10.2 Å². The molecule has 0 spiro atoms. The van der Waals surface area contributed by atoms with Gasteiger partial charge in [-0.25, -0.2) is 4.98 Å². The topological polar surface area (TPSA) is 45.1 Å². The van der Waals surface area contributed by atoms with E-state index in [2.05, 4.69) is 28.5 Å². The van der Waals surface area contributed by atoms with Gasteiger partial charge in [-0.05, 0) is 43.4 Å². The molecule has 114 valence electrons. The Kier molecular flexibility index (Phi) is 5.22. The van der Waals surface area contributed by atoms with Crippen LogP contribution in [0.2, 0.25) is 0 Å². The molecule has 2 aromatic rings. The molecule has 3 rings (SSSR count). The van der Waals surface area contributed by atoms with E-state index in [1.165, 1.54) is 35.4 Å².